The van der Waals surface area contributed by atoms with Crippen LogP contribution in [0.25, 0.3) is 0 Å². The van der Waals surface area contributed by atoms with Crippen LogP contribution < -0.4 is 18.9 Å². The minimum atomic E-state index is -1.01. The quantitative estimate of drug-likeness (QED) is 0.804. The predicted octanol–water partition coefficient (Wildman–Crippen LogP) is 2.60. The Balaban J connectivity index is 2.05. The van der Waals surface area contributed by atoms with Crippen molar-refractivity contribution < 1.29 is 28.5 Å². The number of hydrogen-bond acceptors (Lipinski definition) is 6. The van der Waals surface area contributed by atoms with Crippen molar-refractivity contribution in [3.05, 3.63) is 47.5 Å². The summed E-state index contributed by atoms with van der Waals surface area (Å²) in [6, 6.07) is 9.91. The van der Waals surface area contributed by atoms with E-state index in [2.05, 4.69) is 0 Å². The van der Waals surface area contributed by atoms with Gasteiger partial charge in [0.25, 0.3) is 0 Å². The first-order valence-electron chi connectivity index (χ1n) is 7.24. The molecule has 1 heterocycles. The first-order chi connectivity index (χ1) is 11.6. The number of ketones is 2. The molecule has 0 bridgehead atoms. The molecule has 0 aliphatic carbocycles. The number of methoxy groups -OCH3 is 3. The molecular formula is C18H16O6. The average Bonchev–Trinajstić information content (AvgIpc) is 2.63. The van der Waals surface area contributed by atoms with Gasteiger partial charge in [0.15, 0.2) is 6.10 Å². The Bertz CT molecular complexity index is 794. The number of hydrogen-bond donors (Lipinski definition) is 0. The smallest absolute Gasteiger partial charge is 0.248 e. The fourth-order valence-corrected chi connectivity index (χ4v) is 2.58. The first-order valence-corrected chi connectivity index (χ1v) is 7.24. The third-order valence-corrected chi connectivity index (χ3v) is 3.85. The molecule has 6 nitrogen and oxygen atoms in total. The van der Waals surface area contributed by atoms with Gasteiger partial charge in [-0.1, -0.05) is 12.1 Å². The number of ether oxygens (including phenoxy) is 4. The lowest BCUT2D eigenvalue weighted by Crippen LogP contribution is -2.32. The molecule has 0 radical (unpaired) electrons. The Morgan fingerprint density at radius 3 is 2.12 bits per heavy atom. The van der Waals surface area contributed by atoms with Crippen LogP contribution in [-0.4, -0.2) is 32.9 Å². The van der Waals surface area contributed by atoms with Crippen molar-refractivity contribution in [2.45, 2.75) is 6.10 Å². The highest BCUT2D eigenvalue weighted by molar-refractivity contribution is 6.47. The van der Waals surface area contributed by atoms with Crippen molar-refractivity contribution in [3.8, 4) is 23.0 Å². The second-order valence-electron chi connectivity index (χ2n) is 5.17. The summed E-state index contributed by atoms with van der Waals surface area (Å²) in [5.41, 5.74) is 0.689. The van der Waals surface area contributed by atoms with Gasteiger partial charge in [-0.3, -0.25) is 9.59 Å². The van der Waals surface area contributed by atoms with Gasteiger partial charge >= 0.3 is 0 Å². The van der Waals surface area contributed by atoms with Crippen LogP contribution in [0.3, 0.4) is 0 Å². The van der Waals surface area contributed by atoms with E-state index in [0.29, 0.717) is 17.1 Å². The molecule has 6 heteroatoms. The van der Waals surface area contributed by atoms with Crippen LogP contribution in [-0.2, 0) is 4.79 Å². The van der Waals surface area contributed by atoms with E-state index < -0.39 is 17.7 Å². The van der Waals surface area contributed by atoms with Crippen LogP contribution in [0.15, 0.2) is 36.4 Å². The van der Waals surface area contributed by atoms with Gasteiger partial charge in [-0.2, -0.15) is 0 Å². The van der Waals surface area contributed by atoms with Crippen molar-refractivity contribution in [1.82, 2.24) is 0 Å². The first kappa shape index (κ1) is 15.9. The average molecular weight is 328 g/mol. The molecule has 0 N–H and O–H groups in total. The fourth-order valence-electron chi connectivity index (χ4n) is 2.58. The van der Waals surface area contributed by atoms with E-state index in [4.69, 9.17) is 18.9 Å². The van der Waals surface area contributed by atoms with Crippen LogP contribution in [0.2, 0.25) is 0 Å². The number of carbonyl (C=O) groups excluding carboxylic acids is 2. The molecule has 0 fully saturated rings. The summed E-state index contributed by atoms with van der Waals surface area (Å²) in [6.07, 6.45) is -1.01. The maximum Gasteiger partial charge on any atom is 0.248 e. The number of fused-ring (bicyclic) bond motifs is 1. The standard InChI is InChI=1S/C18H16O6/c1-21-11-6-4-10(5-7-11)18-17(20)16(19)15-13(23-3)8-12(22-2)9-14(15)24-18/h4-9,18H,1-3H3. The molecule has 0 amide bonds. The highest BCUT2D eigenvalue weighted by Gasteiger charge is 2.39. The number of rotatable bonds is 4. The zero-order chi connectivity index (χ0) is 17.3. The summed E-state index contributed by atoms with van der Waals surface area (Å²) in [4.78, 5) is 25.0. The Morgan fingerprint density at radius 2 is 1.54 bits per heavy atom. The molecule has 3 rings (SSSR count). The summed E-state index contributed by atoms with van der Waals surface area (Å²) in [5.74, 6) is 0.346. The van der Waals surface area contributed by atoms with E-state index in [9.17, 15) is 9.59 Å². The topological polar surface area (TPSA) is 71.1 Å². The van der Waals surface area contributed by atoms with E-state index in [-0.39, 0.29) is 17.1 Å². The molecule has 1 aliphatic rings. The molecule has 0 saturated carbocycles. The van der Waals surface area contributed by atoms with Crippen LogP contribution in [0, 0.1) is 0 Å². The van der Waals surface area contributed by atoms with Crippen molar-refractivity contribution >= 4 is 11.6 Å². The van der Waals surface area contributed by atoms with E-state index in [1.54, 1.807) is 43.5 Å². The molecule has 1 unspecified atom stereocenters. The highest BCUT2D eigenvalue weighted by atomic mass is 16.5. The molecule has 124 valence electrons. The van der Waals surface area contributed by atoms with Crippen molar-refractivity contribution in [2.24, 2.45) is 0 Å². The molecule has 2 aromatic rings. The lowest BCUT2D eigenvalue weighted by Gasteiger charge is -2.26. The van der Waals surface area contributed by atoms with Crippen LogP contribution in [0.5, 0.6) is 23.0 Å². The Labute approximate surface area is 138 Å². The highest BCUT2D eigenvalue weighted by Crippen LogP contribution is 2.41. The molecule has 2 aromatic carbocycles. The van der Waals surface area contributed by atoms with Crippen LogP contribution >= 0.6 is 0 Å². The molecule has 0 spiro atoms. The molecule has 1 aliphatic heterocycles. The minimum Gasteiger partial charge on any atom is -0.497 e. The molecular weight excluding hydrogens is 312 g/mol. The zero-order valence-corrected chi connectivity index (χ0v) is 13.5. The molecule has 24 heavy (non-hydrogen) atoms. The van der Waals surface area contributed by atoms with Gasteiger partial charge in [0.05, 0.1) is 21.3 Å². The number of Topliss-reactive ketones (excluding diaryl/α,β-unsaturated/α-hetero) is 2. The lowest BCUT2D eigenvalue weighted by molar-refractivity contribution is -0.122. The Hall–Kier alpha value is -3.02. The number of carbonyl (C=O) groups is 2. The van der Waals surface area contributed by atoms with E-state index in [0.717, 1.165) is 0 Å². The van der Waals surface area contributed by atoms with Crippen molar-refractivity contribution in [1.29, 1.82) is 0 Å². The molecule has 0 saturated heterocycles. The van der Waals surface area contributed by atoms with Gasteiger partial charge in [0.1, 0.15) is 28.6 Å². The van der Waals surface area contributed by atoms with Crippen LogP contribution in [0.4, 0.5) is 0 Å². The van der Waals surface area contributed by atoms with E-state index >= 15 is 0 Å². The van der Waals surface area contributed by atoms with Crippen molar-refractivity contribution in [2.75, 3.05) is 21.3 Å². The minimum absolute atomic E-state index is 0.119. The summed E-state index contributed by atoms with van der Waals surface area (Å²) < 4.78 is 21.3. The number of benzene rings is 2. The van der Waals surface area contributed by atoms with E-state index in [1.807, 2.05) is 0 Å². The monoisotopic (exact) mass is 328 g/mol. The Kier molecular flexibility index (Phi) is 4.12. The van der Waals surface area contributed by atoms with Gasteiger partial charge in [-0.25, -0.2) is 0 Å². The second-order valence-corrected chi connectivity index (χ2v) is 5.17. The maximum absolute atomic E-state index is 12.5. The zero-order valence-electron chi connectivity index (χ0n) is 13.5. The largest absolute Gasteiger partial charge is 0.497 e. The maximum atomic E-state index is 12.5. The van der Waals surface area contributed by atoms with Gasteiger partial charge in [0.2, 0.25) is 11.6 Å². The summed E-state index contributed by atoms with van der Waals surface area (Å²) in [5, 5.41) is 0. The predicted molar refractivity (Wildman–Crippen MR) is 85.2 cm³/mol. The second kappa shape index (κ2) is 6.23. The van der Waals surface area contributed by atoms with Gasteiger partial charge in [-0.05, 0) is 12.1 Å². The Morgan fingerprint density at radius 1 is 0.875 bits per heavy atom. The molecule has 0 aromatic heterocycles. The third-order valence-electron chi connectivity index (χ3n) is 3.85. The van der Waals surface area contributed by atoms with Gasteiger partial charge in [-0.15, -0.1) is 0 Å². The fraction of sp³-hybridized carbons (Fsp3) is 0.222. The third kappa shape index (κ3) is 2.56. The SMILES string of the molecule is COc1ccc(C2Oc3cc(OC)cc(OC)c3C(=O)C2=O)cc1. The summed E-state index contributed by atoms with van der Waals surface area (Å²) >= 11 is 0. The molecule has 1 atom stereocenters. The normalized spacial score (nSPS) is 16.2. The van der Waals surface area contributed by atoms with Crippen molar-refractivity contribution in [3.63, 3.8) is 0 Å². The summed E-state index contributed by atoms with van der Waals surface area (Å²) in [7, 11) is 4.47. The van der Waals surface area contributed by atoms with E-state index in [1.165, 1.54) is 14.2 Å². The van der Waals surface area contributed by atoms with Gasteiger partial charge in [0, 0.05) is 17.7 Å². The lowest BCUT2D eigenvalue weighted by atomic mass is 9.94. The summed E-state index contributed by atoms with van der Waals surface area (Å²) in [6.45, 7) is 0. The van der Waals surface area contributed by atoms with Gasteiger partial charge < -0.3 is 18.9 Å². The van der Waals surface area contributed by atoms with Crippen LogP contribution in [0.1, 0.15) is 22.0 Å².